The monoisotopic (exact) mass is 342 g/mol. The lowest BCUT2D eigenvalue weighted by Crippen LogP contribution is -2.30. The van der Waals surface area contributed by atoms with Crippen LogP contribution in [0.5, 0.6) is 5.75 Å². The molecule has 0 aliphatic heterocycles. The first-order valence-electron chi connectivity index (χ1n) is 7.62. The minimum atomic E-state index is -3.24. The van der Waals surface area contributed by atoms with Gasteiger partial charge in [0.15, 0.2) is 9.84 Å². The molecule has 6 nitrogen and oxygen atoms in total. The van der Waals surface area contributed by atoms with E-state index >= 15 is 0 Å². The zero-order chi connectivity index (χ0) is 17.5. The SMILES string of the molecule is CC(N)CCC(=O)N(C)CCCOc1cccc(S(C)(=O)=O)c1. The minimum absolute atomic E-state index is 0.0257. The maximum Gasteiger partial charge on any atom is 0.222 e. The van der Waals surface area contributed by atoms with Gasteiger partial charge in [-0.15, -0.1) is 0 Å². The van der Waals surface area contributed by atoms with E-state index in [9.17, 15) is 13.2 Å². The maximum atomic E-state index is 11.8. The van der Waals surface area contributed by atoms with Crippen molar-refractivity contribution in [2.24, 2.45) is 5.73 Å². The van der Waals surface area contributed by atoms with E-state index in [1.54, 1.807) is 24.1 Å². The highest BCUT2D eigenvalue weighted by molar-refractivity contribution is 7.90. The van der Waals surface area contributed by atoms with Crippen LogP contribution in [0.25, 0.3) is 0 Å². The Hall–Kier alpha value is -1.60. The highest BCUT2D eigenvalue weighted by atomic mass is 32.2. The Morgan fingerprint density at radius 2 is 2.09 bits per heavy atom. The molecule has 0 aliphatic rings. The second-order valence-corrected chi connectivity index (χ2v) is 7.80. The van der Waals surface area contributed by atoms with E-state index in [1.807, 2.05) is 6.92 Å². The van der Waals surface area contributed by atoms with E-state index in [1.165, 1.54) is 12.1 Å². The van der Waals surface area contributed by atoms with Gasteiger partial charge < -0.3 is 15.4 Å². The number of carbonyl (C=O) groups excluding carboxylic acids is 1. The summed E-state index contributed by atoms with van der Waals surface area (Å²) in [6.07, 6.45) is 2.96. The molecule has 1 amide bonds. The molecule has 0 aromatic heterocycles. The standard InChI is InChI=1S/C16H26N2O4S/c1-13(17)8-9-16(19)18(2)10-5-11-22-14-6-4-7-15(12-14)23(3,20)21/h4,6-7,12-13H,5,8-11,17H2,1-3H3. The van der Waals surface area contributed by atoms with Crippen molar-refractivity contribution in [3.8, 4) is 5.75 Å². The summed E-state index contributed by atoms with van der Waals surface area (Å²) in [7, 11) is -1.48. The average Bonchev–Trinajstić information content (AvgIpc) is 2.48. The Bertz CT molecular complexity index is 614. The first-order chi connectivity index (χ1) is 10.7. The van der Waals surface area contributed by atoms with Gasteiger partial charge in [0.2, 0.25) is 5.91 Å². The topological polar surface area (TPSA) is 89.7 Å². The molecule has 2 N–H and O–H groups in total. The Labute approximate surface area is 138 Å². The van der Waals surface area contributed by atoms with E-state index in [0.29, 0.717) is 38.2 Å². The molecule has 1 unspecified atom stereocenters. The fourth-order valence-corrected chi connectivity index (χ4v) is 2.61. The Kier molecular flexibility index (Phi) is 7.51. The van der Waals surface area contributed by atoms with Crippen molar-refractivity contribution in [1.82, 2.24) is 4.90 Å². The smallest absolute Gasteiger partial charge is 0.222 e. The van der Waals surface area contributed by atoms with Crippen molar-refractivity contribution >= 4 is 15.7 Å². The van der Waals surface area contributed by atoms with Crippen LogP contribution < -0.4 is 10.5 Å². The molecular formula is C16H26N2O4S. The number of benzene rings is 1. The number of hydrogen-bond donors (Lipinski definition) is 1. The van der Waals surface area contributed by atoms with Crippen LogP contribution >= 0.6 is 0 Å². The van der Waals surface area contributed by atoms with Gasteiger partial charge >= 0.3 is 0 Å². The summed E-state index contributed by atoms with van der Waals surface area (Å²) < 4.78 is 28.5. The van der Waals surface area contributed by atoms with Gasteiger partial charge in [-0.3, -0.25) is 4.79 Å². The highest BCUT2D eigenvalue weighted by Gasteiger charge is 2.10. The summed E-state index contributed by atoms with van der Waals surface area (Å²) in [5.41, 5.74) is 5.64. The van der Waals surface area contributed by atoms with Crippen molar-refractivity contribution in [3.63, 3.8) is 0 Å². The highest BCUT2D eigenvalue weighted by Crippen LogP contribution is 2.17. The van der Waals surface area contributed by atoms with Crippen molar-refractivity contribution < 1.29 is 17.9 Å². The van der Waals surface area contributed by atoms with Crippen LogP contribution in [0.2, 0.25) is 0 Å². The molecule has 0 spiro atoms. The normalized spacial score (nSPS) is 12.7. The number of hydrogen-bond acceptors (Lipinski definition) is 5. The van der Waals surface area contributed by atoms with Crippen LogP contribution in [0.3, 0.4) is 0 Å². The summed E-state index contributed by atoms with van der Waals surface area (Å²) >= 11 is 0. The summed E-state index contributed by atoms with van der Waals surface area (Å²) in [4.78, 5) is 13.7. The first-order valence-corrected chi connectivity index (χ1v) is 9.51. The van der Waals surface area contributed by atoms with Gasteiger partial charge in [-0.2, -0.15) is 0 Å². The molecule has 0 radical (unpaired) electrons. The number of rotatable bonds is 9. The Morgan fingerprint density at radius 3 is 2.70 bits per heavy atom. The van der Waals surface area contributed by atoms with E-state index in [-0.39, 0.29) is 16.8 Å². The van der Waals surface area contributed by atoms with Crippen LogP contribution in [-0.2, 0) is 14.6 Å². The van der Waals surface area contributed by atoms with Gasteiger partial charge in [0.1, 0.15) is 5.75 Å². The molecule has 0 bridgehead atoms. The van der Waals surface area contributed by atoms with Gasteiger partial charge in [-0.05, 0) is 38.0 Å². The predicted molar refractivity (Wildman–Crippen MR) is 90.2 cm³/mol. The van der Waals surface area contributed by atoms with Crippen LogP contribution in [0.4, 0.5) is 0 Å². The predicted octanol–water partition coefficient (Wildman–Crippen LogP) is 1.44. The van der Waals surface area contributed by atoms with Crippen molar-refractivity contribution in [1.29, 1.82) is 0 Å². The van der Waals surface area contributed by atoms with Gasteiger partial charge in [0.25, 0.3) is 0 Å². The number of carbonyl (C=O) groups is 1. The largest absolute Gasteiger partial charge is 0.493 e. The van der Waals surface area contributed by atoms with Gasteiger partial charge in [0.05, 0.1) is 11.5 Å². The molecule has 1 atom stereocenters. The summed E-state index contributed by atoms with van der Waals surface area (Å²) in [5.74, 6) is 0.584. The van der Waals surface area contributed by atoms with Crippen molar-refractivity contribution in [3.05, 3.63) is 24.3 Å². The average molecular weight is 342 g/mol. The second kappa shape index (κ2) is 8.88. The van der Waals surface area contributed by atoms with Gasteiger partial charge in [-0.25, -0.2) is 8.42 Å². The molecule has 0 fully saturated rings. The third kappa shape index (κ3) is 7.47. The zero-order valence-electron chi connectivity index (χ0n) is 14.0. The number of ether oxygens (including phenoxy) is 1. The fraction of sp³-hybridized carbons (Fsp3) is 0.562. The van der Waals surface area contributed by atoms with Crippen molar-refractivity contribution in [2.45, 2.75) is 37.1 Å². The molecule has 0 aliphatic carbocycles. The van der Waals surface area contributed by atoms with Gasteiger partial charge in [-0.1, -0.05) is 6.07 Å². The second-order valence-electron chi connectivity index (χ2n) is 5.78. The molecule has 1 aromatic carbocycles. The minimum Gasteiger partial charge on any atom is -0.493 e. The summed E-state index contributed by atoms with van der Waals surface area (Å²) in [5, 5.41) is 0. The molecule has 1 rings (SSSR count). The van der Waals surface area contributed by atoms with E-state index < -0.39 is 9.84 Å². The molecule has 130 valence electrons. The van der Waals surface area contributed by atoms with Gasteiger partial charge in [0, 0.05) is 32.3 Å². The number of nitrogens with two attached hydrogens (primary N) is 1. The number of nitrogens with zero attached hydrogens (tertiary/aromatic N) is 1. The van der Waals surface area contributed by atoms with Crippen LogP contribution in [-0.4, -0.2) is 51.7 Å². The number of sulfone groups is 1. The molecule has 0 saturated carbocycles. The van der Waals surface area contributed by atoms with E-state index in [0.717, 1.165) is 6.26 Å². The van der Waals surface area contributed by atoms with E-state index in [4.69, 9.17) is 10.5 Å². The quantitative estimate of drug-likeness (QED) is 0.686. The van der Waals surface area contributed by atoms with Crippen molar-refractivity contribution in [2.75, 3.05) is 26.5 Å². The third-order valence-corrected chi connectivity index (χ3v) is 4.49. The zero-order valence-corrected chi connectivity index (χ0v) is 14.8. The molecule has 23 heavy (non-hydrogen) atoms. The molecule has 0 heterocycles. The lowest BCUT2D eigenvalue weighted by Gasteiger charge is -2.18. The molecule has 1 aromatic rings. The molecular weight excluding hydrogens is 316 g/mol. The van der Waals surface area contributed by atoms with Crippen LogP contribution in [0.1, 0.15) is 26.2 Å². The summed E-state index contributed by atoms with van der Waals surface area (Å²) in [6, 6.07) is 6.43. The molecule has 7 heteroatoms. The summed E-state index contributed by atoms with van der Waals surface area (Å²) in [6.45, 7) is 2.88. The van der Waals surface area contributed by atoms with Crippen LogP contribution in [0, 0.1) is 0 Å². The maximum absolute atomic E-state index is 11.8. The Balaban J connectivity index is 2.36. The Morgan fingerprint density at radius 1 is 1.39 bits per heavy atom. The lowest BCUT2D eigenvalue weighted by molar-refractivity contribution is -0.130. The third-order valence-electron chi connectivity index (χ3n) is 3.38. The molecule has 0 saturated heterocycles. The number of amides is 1. The van der Waals surface area contributed by atoms with Crippen LogP contribution in [0.15, 0.2) is 29.2 Å². The van der Waals surface area contributed by atoms with E-state index in [2.05, 4.69) is 0 Å². The fourth-order valence-electron chi connectivity index (χ4n) is 1.95. The lowest BCUT2D eigenvalue weighted by atomic mass is 10.2. The first kappa shape index (κ1) is 19.4.